The summed E-state index contributed by atoms with van der Waals surface area (Å²) >= 11 is 11.8. The van der Waals surface area contributed by atoms with Gasteiger partial charge in [-0.15, -0.1) is 0 Å². The third-order valence-electron chi connectivity index (χ3n) is 2.28. The summed E-state index contributed by atoms with van der Waals surface area (Å²) in [4.78, 5) is 14.4. The normalized spacial score (nSPS) is 10.3. The van der Waals surface area contributed by atoms with Crippen LogP contribution in [0.3, 0.4) is 0 Å². The van der Waals surface area contributed by atoms with Crippen LogP contribution in [0.1, 0.15) is 0 Å². The summed E-state index contributed by atoms with van der Waals surface area (Å²) in [5.41, 5.74) is 5.85. The van der Waals surface area contributed by atoms with Gasteiger partial charge >= 0.3 is 0 Å². The molecule has 0 aliphatic heterocycles. The van der Waals surface area contributed by atoms with Crippen LogP contribution >= 0.6 is 23.2 Å². The Morgan fingerprint density at radius 3 is 2.61 bits per heavy atom. The van der Waals surface area contributed by atoms with Crippen LogP contribution in [0.25, 0.3) is 11.3 Å². The van der Waals surface area contributed by atoms with Gasteiger partial charge in [0.15, 0.2) is 5.69 Å². The number of hydrogen-bond donors (Lipinski definition) is 1. The van der Waals surface area contributed by atoms with E-state index in [-0.39, 0.29) is 17.2 Å². The van der Waals surface area contributed by atoms with Gasteiger partial charge in [0.05, 0.1) is 9.95 Å². The van der Waals surface area contributed by atoms with Crippen LogP contribution in [-0.2, 0) is 0 Å². The van der Waals surface area contributed by atoms with Gasteiger partial charge < -0.3 is 5.73 Å². The minimum atomic E-state index is -0.543. The van der Waals surface area contributed by atoms with Gasteiger partial charge in [0.1, 0.15) is 5.82 Å². The first kappa shape index (κ1) is 12.6. The maximum atomic E-state index is 11.0. The number of rotatable bonds is 2. The molecule has 0 amide bonds. The summed E-state index contributed by atoms with van der Waals surface area (Å²) < 4.78 is 0. The fourth-order valence-electron chi connectivity index (χ4n) is 1.49. The zero-order valence-corrected chi connectivity index (χ0v) is 10.4. The zero-order chi connectivity index (χ0) is 13.3. The smallest absolute Gasteiger partial charge is 0.295 e. The number of hydrogen-bond acceptors (Lipinski definition) is 4. The summed E-state index contributed by atoms with van der Waals surface area (Å²) in [6, 6.07) is 7.30. The molecule has 0 saturated heterocycles. The fourth-order valence-corrected chi connectivity index (χ4v) is 1.87. The number of nitro groups is 1. The van der Waals surface area contributed by atoms with E-state index in [4.69, 9.17) is 28.9 Å². The standard InChI is InChI=1S/C11H7Cl2N3O2/c12-6-1-2-8(13)7(5-6)11-9(16(17)18)3-4-10(14)15-11/h1-5H,(H2,14,15). The van der Waals surface area contributed by atoms with Crippen molar-refractivity contribution in [2.75, 3.05) is 5.73 Å². The van der Waals surface area contributed by atoms with Gasteiger partial charge in [-0.25, -0.2) is 4.98 Å². The third-order valence-corrected chi connectivity index (χ3v) is 2.84. The van der Waals surface area contributed by atoms with E-state index in [2.05, 4.69) is 4.98 Å². The summed E-state index contributed by atoms with van der Waals surface area (Å²) in [5.74, 6) is 0.173. The Labute approximate surface area is 112 Å². The lowest BCUT2D eigenvalue weighted by Gasteiger charge is -2.06. The summed E-state index contributed by atoms with van der Waals surface area (Å²) in [6.07, 6.45) is 0. The molecular weight excluding hydrogens is 277 g/mol. The van der Waals surface area contributed by atoms with Crippen molar-refractivity contribution in [1.82, 2.24) is 4.98 Å². The minimum absolute atomic E-state index is 0.104. The molecule has 7 heteroatoms. The van der Waals surface area contributed by atoms with E-state index in [0.717, 1.165) is 0 Å². The van der Waals surface area contributed by atoms with Gasteiger partial charge in [-0.05, 0) is 24.3 Å². The van der Waals surface area contributed by atoms with E-state index in [0.29, 0.717) is 15.6 Å². The van der Waals surface area contributed by atoms with Crippen molar-refractivity contribution in [2.24, 2.45) is 0 Å². The summed E-state index contributed by atoms with van der Waals surface area (Å²) in [7, 11) is 0. The largest absolute Gasteiger partial charge is 0.384 e. The van der Waals surface area contributed by atoms with Crippen LogP contribution in [0.15, 0.2) is 30.3 Å². The average molecular weight is 284 g/mol. The average Bonchev–Trinajstić information content (AvgIpc) is 2.31. The van der Waals surface area contributed by atoms with E-state index in [1.54, 1.807) is 12.1 Å². The summed E-state index contributed by atoms with van der Waals surface area (Å²) in [6.45, 7) is 0. The van der Waals surface area contributed by atoms with Gasteiger partial charge in [0.25, 0.3) is 5.69 Å². The molecule has 1 heterocycles. The highest BCUT2D eigenvalue weighted by Gasteiger charge is 2.19. The zero-order valence-electron chi connectivity index (χ0n) is 8.93. The lowest BCUT2D eigenvalue weighted by atomic mass is 10.1. The molecule has 0 aliphatic rings. The highest BCUT2D eigenvalue weighted by molar-refractivity contribution is 6.35. The molecular formula is C11H7Cl2N3O2. The molecule has 18 heavy (non-hydrogen) atoms. The van der Waals surface area contributed by atoms with Crippen molar-refractivity contribution < 1.29 is 4.92 Å². The predicted molar refractivity (Wildman–Crippen MR) is 70.8 cm³/mol. The first-order valence-electron chi connectivity index (χ1n) is 4.85. The van der Waals surface area contributed by atoms with Crippen molar-refractivity contribution in [1.29, 1.82) is 0 Å². The SMILES string of the molecule is Nc1ccc([N+](=O)[O-])c(-c2cc(Cl)ccc2Cl)n1. The molecule has 0 fully saturated rings. The molecule has 1 aromatic heterocycles. The minimum Gasteiger partial charge on any atom is -0.384 e. The van der Waals surface area contributed by atoms with Gasteiger partial charge in [0.2, 0.25) is 0 Å². The number of anilines is 1. The molecule has 0 bridgehead atoms. The molecule has 0 radical (unpaired) electrons. The summed E-state index contributed by atoms with van der Waals surface area (Å²) in [5, 5.41) is 11.7. The van der Waals surface area contributed by atoms with E-state index in [1.165, 1.54) is 18.2 Å². The molecule has 0 aliphatic carbocycles. The topological polar surface area (TPSA) is 82.0 Å². The molecule has 0 saturated carbocycles. The highest BCUT2D eigenvalue weighted by atomic mass is 35.5. The van der Waals surface area contributed by atoms with Crippen LogP contribution in [0.2, 0.25) is 10.0 Å². The molecule has 2 N–H and O–H groups in total. The Morgan fingerprint density at radius 2 is 1.94 bits per heavy atom. The van der Waals surface area contributed by atoms with Crippen LogP contribution in [0.4, 0.5) is 11.5 Å². The van der Waals surface area contributed by atoms with E-state index >= 15 is 0 Å². The number of halogens is 2. The lowest BCUT2D eigenvalue weighted by molar-refractivity contribution is -0.384. The molecule has 2 aromatic rings. The number of pyridine rings is 1. The monoisotopic (exact) mass is 283 g/mol. The number of nitrogen functional groups attached to an aromatic ring is 1. The lowest BCUT2D eigenvalue weighted by Crippen LogP contribution is -1.98. The molecule has 2 rings (SSSR count). The number of nitrogens with two attached hydrogens (primary N) is 1. The molecule has 0 unspecified atom stereocenters. The van der Waals surface area contributed by atoms with Crippen molar-refractivity contribution in [3.05, 3.63) is 50.5 Å². The number of nitrogens with zero attached hydrogens (tertiary/aromatic N) is 2. The van der Waals surface area contributed by atoms with Crippen LogP contribution < -0.4 is 5.73 Å². The Morgan fingerprint density at radius 1 is 1.22 bits per heavy atom. The Hall–Kier alpha value is -1.85. The van der Waals surface area contributed by atoms with Crippen molar-refractivity contribution in [2.45, 2.75) is 0 Å². The number of aromatic nitrogens is 1. The Bertz CT molecular complexity index is 632. The van der Waals surface area contributed by atoms with Gasteiger partial charge in [-0.2, -0.15) is 0 Å². The van der Waals surface area contributed by atoms with Crippen LogP contribution in [0, 0.1) is 10.1 Å². The molecule has 0 spiro atoms. The molecule has 92 valence electrons. The Balaban J connectivity index is 2.73. The molecule has 5 nitrogen and oxygen atoms in total. The third kappa shape index (κ3) is 2.37. The van der Waals surface area contributed by atoms with E-state index in [1.807, 2.05) is 0 Å². The van der Waals surface area contributed by atoms with Crippen molar-refractivity contribution >= 4 is 34.7 Å². The fraction of sp³-hybridized carbons (Fsp3) is 0. The predicted octanol–water partition coefficient (Wildman–Crippen LogP) is 3.55. The van der Waals surface area contributed by atoms with E-state index in [9.17, 15) is 10.1 Å². The second-order valence-electron chi connectivity index (χ2n) is 3.49. The maximum absolute atomic E-state index is 11.0. The first-order valence-corrected chi connectivity index (χ1v) is 5.61. The van der Waals surface area contributed by atoms with E-state index < -0.39 is 4.92 Å². The molecule has 1 aromatic carbocycles. The second kappa shape index (κ2) is 4.80. The van der Waals surface area contributed by atoms with Crippen molar-refractivity contribution in [3.63, 3.8) is 0 Å². The first-order chi connectivity index (χ1) is 8.49. The second-order valence-corrected chi connectivity index (χ2v) is 4.33. The van der Waals surface area contributed by atoms with Gasteiger partial charge in [-0.1, -0.05) is 23.2 Å². The molecule has 0 atom stereocenters. The quantitative estimate of drug-likeness (QED) is 0.675. The number of benzene rings is 1. The Kier molecular flexibility index (Phi) is 3.36. The maximum Gasteiger partial charge on any atom is 0.295 e. The van der Waals surface area contributed by atoms with Gasteiger partial charge in [0, 0.05) is 16.7 Å². The van der Waals surface area contributed by atoms with Crippen LogP contribution in [-0.4, -0.2) is 9.91 Å². The van der Waals surface area contributed by atoms with Crippen LogP contribution in [0.5, 0.6) is 0 Å². The highest BCUT2D eigenvalue weighted by Crippen LogP contribution is 2.35. The van der Waals surface area contributed by atoms with Crippen molar-refractivity contribution in [3.8, 4) is 11.3 Å². The van der Waals surface area contributed by atoms with Gasteiger partial charge in [-0.3, -0.25) is 10.1 Å².